The second-order valence-electron chi connectivity index (χ2n) is 11.6. The number of alkyl halides is 3. The van der Waals surface area contributed by atoms with E-state index in [0.29, 0.717) is 13.0 Å². The van der Waals surface area contributed by atoms with Crippen LogP contribution in [-0.4, -0.2) is 65.8 Å². The summed E-state index contributed by atoms with van der Waals surface area (Å²) in [4.78, 5) is 53.5. The Balaban J connectivity index is 1.79. The molecular weight excluding hydrogens is 489 g/mol. The van der Waals surface area contributed by atoms with Gasteiger partial charge in [0.25, 0.3) is 5.91 Å². The van der Waals surface area contributed by atoms with Crippen LogP contribution in [0, 0.1) is 22.7 Å². The molecule has 0 aromatic carbocycles. The second-order valence-corrected chi connectivity index (χ2v) is 11.6. The van der Waals surface area contributed by atoms with Crippen LogP contribution in [0.2, 0.25) is 0 Å². The minimum absolute atomic E-state index is 0.0438. The molecule has 3 rings (SSSR count). The van der Waals surface area contributed by atoms with Crippen molar-refractivity contribution >= 4 is 23.5 Å². The zero-order valence-corrected chi connectivity index (χ0v) is 21.8. The Morgan fingerprint density at radius 2 is 1.78 bits per heavy atom. The number of halogens is 3. The average Bonchev–Trinajstić information content (AvgIpc) is 3.21. The van der Waals surface area contributed by atoms with E-state index >= 15 is 0 Å². The zero-order chi connectivity index (χ0) is 27.8. The van der Waals surface area contributed by atoms with E-state index in [1.807, 2.05) is 20.8 Å². The predicted molar refractivity (Wildman–Crippen MR) is 131 cm³/mol. The van der Waals surface area contributed by atoms with Crippen molar-refractivity contribution in [1.82, 2.24) is 15.5 Å². The van der Waals surface area contributed by atoms with E-state index in [4.69, 9.17) is 5.73 Å². The molecule has 8 nitrogen and oxygen atoms in total. The summed E-state index contributed by atoms with van der Waals surface area (Å²) in [5.74, 6) is -3.47. The van der Waals surface area contributed by atoms with Crippen LogP contribution in [-0.2, 0) is 19.2 Å². The van der Waals surface area contributed by atoms with Gasteiger partial charge >= 0.3 is 6.18 Å². The molecule has 2 saturated carbocycles. The monoisotopic (exact) mass is 528 g/mol. The Hall–Kier alpha value is -2.43. The van der Waals surface area contributed by atoms with Gasteiger partial charge in [-0.1, -0.05) is 39.7 Å². The van der Waals surface area contributed by atoms with Gasteiger partial charge in [-0.15, -0.1) is 6.58 Å². The van der Waals surface area contributed by atoms with E-state index in [9.17, 15) is 32.3 Å². The van der Waals surface area contributed by atoms with Crippen LogP contribution in [0.4, 0.5) is 13.2 Å². The van der Waals surface area contributed by atoms with Crippen LogP contribution < -0.4 is 16.4 Å². The van der Waals surface area contributed by atoms with Crippen molar-refractivity contribution in [2.24, 2.45) is 28.4 Å². The van der Waals surface area contributed by atoms with Crippen molar-refractivity contribution in [2.75, 3.05) is 13.1 Å². The number of ketones is 1. The van der Waals surface area contributed by atoms with Crippen LogP contribution >= 0.6 is 0 Å². The fourth-order valence-electron chi connectivity index (χ4n) is 6.15. The molecule has 0 aromatic rings. The molecular formula is C26H39F3N4O4. The zero-order valence-electron chi connectivity index (χ0n) is 21.8. The van der Waals surface area contributed by atoms with E-state index in [-0.39, 0.29) is 35.1 Å². The molecule has 0 spiro atoms. The summed E-state index contributed by atoms with van der Waals surface area (Å²) >= 11 is 0. The van der Waals surface area contributed by atoms with Crippen LogP contribution in [0.3, 0.4) is 0 Å². The van der Waals surface area contributed by atoms with E-state index in [2.05, 4.69) is 17.2 Å². The number of nitrogens with two attached hydrogens (primary N) is 1. The van der Waals surface area contributed by atoms with Gasteiger partial charge in [0.05, 0.1) is 12.1 Å². The van der Waals surface area contributed by atoms with Gasteiger partial charge in [0.2, 0.25) is 17.6 Å². The van der Waals surface area contributed by atoms with Crippen molar-refractivity contribution in [2.45, 2.75) is 90.0 Å². The lowest BCUT2D eigenvalue weighted by molar-refractivity contribution is -0.148. The quantitative estimate of drug-likeness (QED) is 0.216. The molecule has 3 fully saturated rings. The maximum atomic E-state index is 13.5. The Morgan fingerprint density at radius 3 is 2.35 bits per heavy atom. The van der Waals surface area contributed by atoms with Gasteiger partial charge in [-0.3, -0.25) is 19.2 Å². The molecule has 0 radical (unpaired) electrons. The standard InChI is InChI=1S/C26H39F3N4O4/c1-5-6-13-31-22(36)19(34)16(9-12-26(27,28)29)32-21(35)18-17-15(24(17,2)3)14-33(18)23(37)20(30)25(4)10-7-8-11-25/h5,15-18,20H,1,6-14,30H2,2-4H3,(H,31,36)(H,32,35)/t15-,16?,17-,18?,20?/m0/s1. The Morgan fingerprint density at radius 1 is 1.16 bits per heavy atom. The van der Waals surface area contributed by atoms with E-state index in [1.165, 1.54) is 11.0 Å². The smallest absolute Gasteiger partial charge is 0.349 e. The SMILES string of the molecule is C=CCCNC(=O)C(=O)C(CCC(F)(F)F)NC(=O)C1[C@@H]2[C@H](CN1C(=O)C(N)C1(C)CCCC1)C2(C)C. The molecule has 11 heteroatoms. The summed E-state index contributed by atoms with van der Waals surface area (Å²) < 4.78 is 38.9. The number of likely N-dealkylation sites (tertiary alicyclic amines) is 1. The molecule has 4 N–H and O–H groups in total. The molecule has 3 unspecified atom stereocenters. The summed E-state index contributed by atoms with van der Waals surface area (Å²) in [5, 5.41) is 4.73. The van der Waals surface area contributed by atoms with Gasteiger partial charge in [-0.05, 0) is 48.3 Å². The summed E-state index contributed by atoms with van der Waals surface area (Å²) in [6.45, 7) is 9.83. The Kier molecular flexibility index (Phi) is 8.46. The highest BCUT2D eigenvalue weighted by atomic mass is 19.4. The van der Waals surface area contributed by atoms with Gasteiger partial charge in [-0.2, -0.15) is 13.2 Å². The lowest BCUT2D eigenvalue weighted by Crippen LogP contribution is -2.59. The molecule has 1 heterocycles. The summed E-state index contributed by atoms with van der Waals surface area (Å²) in [5.41, 5.74) is 5.79. The van der Waals surface area contributed by atoms with Crippen molar-refractivity contribution in [3.05, 3.63) is 12.7 Å². The first-order valence-corrected chi connectivity index (χ1v) is 13.0. The largest absolute Gasteiger partial charge is 0.389 e. The molecule has 3 aliphatic rings. The highest BCUT2D eigenvalue weighted by Gasteiger charge is 2.69. The highest BCUT2D eigenvalue weighted by Crippen LogP contribution is 2.65. The fraction of sp³-hybridized carbons (Fsp3) is 0.769. The molecule has 208 valence electrons. The number of rotatable bonds is 11. The number of Topliss-reactive ketones (excluding diaryl/α,β-unsaturated/α-hetero) is 1. The van der Waals surface area contributed by atoms with Gasteiger partial charge in [0, 0.05) is 19.5 Å². The first-order chi connectivity index (χ1) is 17.1. The van der Waals surface area contributed by atoms with Crippen LogP contribution in [0.15, 0.2) is 12.7 Å². The van der Waals surface area contributed by atoms with Crippen molar-refractivity contribution < 1.29 is 32.3 Å². The number of hydrogen-bond donors (Lipinski definition) is 3. The number of amides is 3. The number of nitrogens with zero attached hydrogens (tertiary/aromatic N) is 1. The van der Waals surface area contributed by atoms with Gasteiger partial charge < -0.3 is 21.3 Å². The van der Waals surface area contributed by atoms with Crippen molar-refractivity contribution in [1.29, 1.82) is 0 Å². The Labute approximate surface area is 215 Å². The van der Waals surface area contributed by atoms with E-state index in [0.717, 1.165) is 25.7 Å². The maximum Gasteiger partial charge on any atom is 0.389 e. The van der Waals surface area contributed by atoms with Crippen molar-refractivity contribution in [3.8, 4) is 0 Å². The van der Waals surface area contributed by atoms with Gasteiger partial charge in [0.1, 0.15) is 6.04 Å². The molecule has 5 atom stereocenters. The summed E-state index contributed by atoms with van der Waals surface area (Å²) in [7, 11) is 0. The first-order valence-electron chi connectivity index (χ1n) is 13.0. The summed E-state index contributed by atoms with van der Waals surface area (Å²) in [6.07, 6.45) is -1.27. The number of nitrogens with one attached hydrogen (secondary N) is 2. The third-order valence-electron chi connectivity index (χ3n) is 8.73. The maximum absolute atomic E-state index is 13.5. The third kappa shape index (κ3) is 6.18. The molecule has 1 saturated heterocycles. The predicted octanol–water partition coefficient (Wildman–Crippen LogP) is 2.47. The lowest BCUT2D eigenvalue weighted by Gasteiger charge is -2.37. The minimum atomic E-state index is -4.58. The lowest BCUT2D eigenvalue weighted by atomic mass is 9.80. The fourth-order valence-corrected chi connectivity index (χ4v) is 6.15. The molecule has 2 aliphatic carbocycles. The molecule has 0 bridgehead atoms. The molecule has 37 heavy (non-hydrogen) atoms. The van der Waals surface area contributed by atoms with Gasteiger partial charge in [-0.25, -0.2) is 0 Å². The third-order valence-corrected chi connectivity index (χ3v) is 8.73. The molecule has 0 aromatic heterocycles. The number of carbonyl (C=O) groups is 4. The van der Waals surface area contributed by atoms with Crippen molar-refractivity contribution in [3.63, 3.8) is 0 Å². The molecule has 1 aliphatic heterocycles. The van der Waals surface area contributed by atoms with E-state index < -0.39 is 54.7 Å². The topological polar surface area (TPSA) is 122 Å². The normalized spacial score (nSPS) is 27.1. The van der Waals surface area contributed by atoms with Crippen LogP contribution in [0.1, 0.15) is 65.7 Å². The van der Waals surface area contributed by atoms with Crippen LogP contribution in [0.25, 0.3) is 0 Å². The number of piperidine rings is 1. The highest BCUT2D eigenvalue weighted by molar-refractivity contribution is 6.38. The second kappa shape index (κ2) is 10.7. The Bertz CT molecular complexity index is 929. The minimum Gasteiger partial charge on any atom is -0.349 e. The number of carbonyl (C=O) groups excluding carboxylic acids is 4. The number of hydrogen-bond acceptors (Lipinski definition) is 5. The number of fused-ring (bicyclic) bond motifs is 1. The summed E-state index contributed by atoms with van der Waals surface area (Å²) in [6, 6.07) is -3.44. The van der Waals surface area contributed by atoms with E-state index in [1.54, 1.807) is 0 Å². The van der Waals surface area contributed by atoms with Gasteiger partial charge in [0.15, 0.2) is 0 Å². The average molecular weight is 529 g/mol. The molecule has 3 amide bonds. The first kappa shape index (κ1) is 29.1. The van der Waals surface area contributed by atoms with Crippen LogP contribution in [0.5, 0.6) is 0 Å².